The van der Waals surface area contributed by atoms with Crippen molar-refractivity contribution < 1.29 is 18.3 Å². The highest BCUT2D eigenvalue weighted by Gasteiger charge is 2.22. The topological polar surface area (TPSA) is 73.3 Å². The molecule has 1 aromatic carbocycles. The van der Waals surface area contributed by atoms with E-state index in [1.54, 1.807) is 25.4 Å². The highest BCUT2D eigenvalue weighted by atomic mass is 19.3. The molecular formula is C22H24F3N5O. The first-order chi connectivity index (χ1) is 15.0. The third-order valence-electron chi connectivity index (χ3n) is 5.55. The van der Waals surface area contributed by atoms with Gasteiger partial charge in [0.05, 0.1) is 29.9 Å². The zero-order chi connectivity index (χ0) is 22.0. The van der Waals surface area contributed by atoms with Crippen LogP contribution in [0.3, 0.4) is 0 Å². The number of aliphatic hydroxyl groups is 1. The second-order valence-corrected chi connectivity index (χ2v) is 7.61. The molecule has 2 aromatic heterocycles. The molecule has 0 spiro atoms. The molecule has 1 aliphatic rings. The van der Waals surface area contributed by atoms with Crippen LogP contribution in [0.25, 0.3) is 10.9 Å². The fourth-order valence-electron chi connectivity index (χ4n) is 3.87. The highest BCUT2D eigenvalue weighted by Crippen LogP contribution is 2.31. The van der Waals surface area contributed by atoms with Gasteiger partial charge in [0.1, 0.15) is 11.6 Å². The maximum absolute atomic E-state index is 14.6. The number of piperazine rings is 1. The predicted octanol–water partition coefficient (Wildman–Crippen LogP) is 3.65. The maximum Gasteiger partial charge on any atom is 0.266 e. The smallest absolute Gasteiger partial charge is 0.266 e. The van der Waals surface area contributed by atoms with Crippen LogP contribution < -0.4 is 15.5 Å². The van der Waals surface area contributed by atoms with Crippen molar-refractivity contribution in [2.75, 3.05) is 36.5 Å². The van der Waals surface area contributed by atoms with Gasteiger partial charge in [0, 0.05) is 48.5 Å². The monoisotopic (exact) mass is 431 g/mol. The van der Waals surface area contributed by atoms with Gasteiger partial charge in [-0.2, -0.15) is 0 Å². The third kappa shape index (κ3) is 4.42. The van der Waals surface area contributed by atoms with Crippen LogP contribution in [-0.4, -0.2) is 47.4 Å². The molecule has 0 saturated carbocycles. The number of benzene rings is 1. The fraction of sp³-hybridized carbons (Fsp3) is 0.364. The summed E-state index contributed by atoms with van der Waals surface area (Å²) < 4.78 is 40.8. The quantitative estimate of drug-likeness (QED) is 0.553. The number of aliphatic hydroxyl groups excluding tert-OH is 1. The average molecular weight is 431 g/mol. The summed E-state index contributed by atoms with van der Waals surface area (Å²) in [6.45, 7) is 3.88. The van der Waals surface area contributed by atoms with Gasteiger partial charge in [-0.1, -0.05) is 18.2 Å². The van der Waals surface area contributed by atoms with Gasteiger partial charge in [-0.3, -0.25) is 4.98 Å². The molecule has 9 heteroatoms. The van der Waals surface area contributed by atoms with Gasteiger partial charge in [-0.25, -0.2) is 18.2 Å². The summed E-state index contributed by atoms with van der Waals surface area (Å²) in [6.07, 6.45) is 0.426. The van der Waals surface area contributed by atoms with Crippen molar-refractivity contribution in [2.24, 2.45) is 0 Å². The van der Waals surface area contributed by atoms with E-state index in [0.717, 1.165) is 30.4 Å². The number of rotatable bonds is 6. The second kappa shape index (κ2) is 9.07. The molecule has 3 N–H and O–H groups in total. The lowest BCUT2D eigenvalue weighted by Gasteiger charge is -2.33. The number of aromatic nitrogens is 2. The van der Waals surface area contributed by atoms with Crippen molar-refractivity contribution in [1.82, 2.24) is 15.3 Å². The number of nitrogens with one attached hydrogen (secondary N) is 2. The minimum absolute atomic E-state index is 0.0251. The van der Waals surface area contributed by atoms with Crippen LogP contribution in [0.2, 0.25) is 0 Å². The first-order valence-corrected chi connectivity index (χ1v) is 10.1. The van der Waals surface area contributed by atoms with Crippen LogP contribution in [0.1, 0.15) is 30.5 Å². The lowest BCUT2D eigenvalue weighted by molar-refractivity contribution is 0.146. The Morgan fingerprint density at radius 3 is 2.84 bits per heavy atom. The summed E-state index contributed by atoms with van der Waals surface area (Å²) in [7, 11) is 0. The van der Waals surface area contributed by atoms with Crippen molar-refractivity contribution in [3.8, 4) is 0 Å². The first kappa shape index (κ1) is 21.3. The van der Waals surface area contributed by atoms with Crippen molar-refractivity contribution in [3.63, 3.8) is 0 Å². The van der Waals surface area contributed by atoms with E-state index in [-0.39, 0.29) is 18.2 Å². The number of nitrogens with zero attached hydrogens (tertiary/aromatic N) is 3. The van der Waals surface area contributed by atoms with Crippen molar-refractivity contribution in [2.45, 2.75) is 25.4 Å². The Morgan fingerprint density at radius 1 is 1.26 bits per heavy atom. The SMILES string of the molecule is C[C@@H](Nc1ccnc2cnc(N3CCNC(CO)C3)cc12)c1cccc(C(F)F)c1F. The average Bonchev–Trinajstić information content (AvgIpc) is 2.79. The molecule has 0 bridgehead atoms. The van der Waals surface area contributed by atoms with Crippen molar-refractivity contribution in [3.05, 3.63) is 59.7 Å². The van der Waals surface area contributed by atoms with E-state index in [1.807, 2.05) is 6.07 Å². The van der Waals surface area contributed by atoms with Gasteiger partial charge >= 0.3 is 0 Å². The molecule has 0 radical (unpaired) electrons. The van der Waals surface area contributed by atoms with Gasteiger partial charge < -0.3 is 20.6 Å². The van der Waals surface area contributed by atoms with Gasteiger partial charge in [-0.15, -0.1) is 0 Å². The number of hydrogen-bond acceptors (Lipinski definition) is 6. The molecule has 0 aliphatic carbocycles. The minimum Gasteiger partial charge on any atom is -0.395 e. The fourth-order valence-corrected chi connectivity index (χ4v) is 3.87. The zero-order valence-electron chi connectivity index (χ0n) is 17.0. The Bertz CT molecular complexity index is 1060. The van der Waals surface area contributed by atoms with Gasteiger partial charge in [-0.05, 0) is 19.1 Å². The zero-order valence-corrected chi connectivity index (χ0v) is 17.0. The lowest BCUT2D eigenvalue weighted by Crippen LogP contribution is -2.52. The third-order valence-corrected chi connectivity index (χ3v) is 5.55. The van der Waals surface area contributed by atoms with E-state index in [9.17, 15) is 18.3 Å². The number of hydrogen-bond donors (Lipinski definition) is 3. The van der Waals surface area contributed by atoms with Crippen LogP contribution in [0.4, 0.5) is 24.7 Å². The van der Waals surface area contributed by atoms with Gasteiger partial charge in [0.2, 0.25) is 0 Å². The highest BCUT2D eigenvalue weighted by molar-refractivity contribution is 5.92. The largest absolute Gasteiger partial charge is 0.395 e. The Labute approximate surface area is 178 Å². The predicted molar refractivity (Wildman–Crippen MR) is 114 cm³/mol. The van der Waals surface area contributed by atoms with E-state index in [0.29, 0.717) is 17.7 Å². The number of alkyl halides is 2. The van der Waals surface area contributed by atoms with E-state index < -0.39 is 23.8 Å². The molecule has 4 rings (SSSR count). The molecule has 0 amide bonds. The Morgan fingerprint density at radius 2 is 2.06 bits per heavy atom. The Kier molecular flexibility index (Phi) is 6.24. The molecule has 1 saturated heterocycles. The molecule has 31 heavy (non-hydrogen) atoms. The number of halogens is 3. The van der Waals surface area contributed by atoms with Crippen LogP contribution in [0, 0.1) is 5.82 Å². The molecule has 164 valence electrons. The summed E-state index contributed by atoms with van der Waals surface area (Å²) in [5, 5.41) is 16.7. The van der Waals surface area contributed by atoms with Crippen LogP contribution in [0.5, 0.6) is 0 Å². The van der Waals surface area contributed by atoms with E-state index >= 15 is 0 Å². The van der Waals surface area contributed by atoms with Gasteiger partial charge in [0.15, 0.2) is 0 Å². The lowest BCUT2D eigenvalue weighted by atomic mass is 10.0. The van der Waals surface area contributed by atoms with Crippen molar-refractivity contribution >= 4 is 22.4 Å². The Balaban J connectivity index is 1.64. The summed E-state index contributed by atoms with van der Waals surface area (Å²) in [5.41, 5.74) is 0.938. The molecule has 3 aromatic rings. The standard InChI is InChI=1S/C22H24F3N5O/c1-13(15-3-2-4-16(21(15)23)22(24)25)29-18-5-6-27-19-10-28-20(9-17(18)19)30-8-7-26-14(11-30)12-31/h2-6,9-10,13-14,22,26,31H,7-8,11-12H2,1H3,(H,27,29)/t13-,14?/m1/s1. The van der Waals surface area contributed by atoms with E-state index in [4.69, 9.17) is 0 Å². The minimum atomic E-state index is -2.87. The molecule has 1 fully saturated rings. The molecule has 6 nitrogen and oxygen atoms in total. The summed E-state index contributed by atoms with van der Waals surface area (Å²) >= 11 is 0. The summed E-state index contributed by atoms with van der Waals surface area (Å²) in [5.74, 6) is -0.142. The second-order valence-electron chi connectivity index (χ2n) is 7.61. The van der Waals surface area contributed by atoms with Crippen LogP contribution in [0.15, 0.2) is 42.7 Å². The molecule has 2 atom stereocenters. The molecule has 1 unspecified atom stereocenters. The van der Waals surface area contributed by atoms with E-state index in [2.05, 4.69) is 25.5 Å². The maximum atomic E-state index is 14.6. The van der Waals surface area contributed by atoms with Crippen molar-refractivity contribution in [1.29, 1.82) is 0 Å². The number of fused-ring (bicyclic) bond motifs is 1. The Hall–Kier alpha value is -2.91. The normalized spacial score (nSPS) is 17.9. The van der Waals surface area contributed by atoms with Crippen LogP contribution >= 0.6 is 0 Å². The number of anilines is 2. The summed E-state index contributed by atoms with van der Waals surface area (Å²) in [4.78, 5) is 10.9. The van der Waals surface area contributed by atoms with Gasteiger partial charge in [0.25, 0.3) is 6.43 Å². The number of pyridine rings is 2. The first-order valence-electron chi connectivity index (χ1n) is 10.1. The van der Waals surface area contributed by atoms with E-state index in [1.165, 1.54) is 12.1 Å². The molecule has 1 aliphatic heterocycles. The van der Waals surface area contributed by atoms with Crippen LogP contribution in [-0.2, 0) is 0 Å². The summed E-state index contributed by atoms with van der Waals surface area (Å²) in [6, 6.07) is 7.15. The molecule has 3 heterocycles. The molecular weight excluding hydrogens is 407 g/mol.